The molecular weight excluding hydrogens is 314 g/mol. The van der Waals surface area contributed by atoms with Gasteiger partial charge in [0.1, 0.15) is 16.9 Å². The summed E-state index contributed by atoms with van der Waals surface area (Å²) in [6.07, 6.45) is 11.3. The number of Topliss-reactive ketones (excluding diaryl/α,β-unsaturated/α-hetero) is 1. The van der Waals surface area contributed by atoms with E-state index in [1.165, 1.54) is 0 Å². The summed E-state index contributed by atoms with van der Waals surface area (Å²) in [7, 11) is 0. The van der Waals surface area contributed by atoms with Crippen LogP contribution in [0.25, 0.3) is 22.1 Å². The Kier molecular flexibility index (Phi) is 2.88. The van der Waals surface area contributed by atoms with Gasteiger partial charge in [0.25, 0.3) is 0 Å². The van der Waals surface area contributed by atoms with Crippen molar-refractivity contribution in [3.8, 4) is 6.07 Å². The van der Waals surface area contributed by atoms with Crippen molar-refractivity contribution in [2.75, 3.05) is 0 Å². The van der Waals surface area contributed by atoms with Gasteiger partial charge >= 0.3 is 0 Å². The summed E-state index contributed by atoms with van der Waals surface area (Å²) in [5.41, 5.74) is 3.30. The Morgan fingerprint density at radius 2 is 2.20 bits per heavy atom. The summed E-state index contributed by atoms with van der Waals surface area (Å²) in [5, 5.41) is 9.70. The van der Waals surface area contributed by atoms with Crippen molar-refractivity contribution >= 4 is 27.9 Å². The van der Waals surface area contributed by atoms with Gasteiger partial charge in [0.15, 0.2) is 0 Å². The zero-order valence-corrected chi connectivity index (χ0v) is 14.0. The van der Waals surface area contributed by atoms with Gasteiger partial charge in [-0.15, -0.1) is 0 Å². The summed E-state index contributed by atoms with van der Waals surface area (Å²) in [4.78, 5) is 24.3. The molecule has 1 N–H and O–H groups in total. The Hall–Kier alpha value is -2.68. The number of unbranched alkanes of at least 4 members (excludes halogenated alkanes) is 1. The molecule has 3 aliphatic carbocycles. The van der Waals surface area contributed by atoms with Crippen molar-refractivity contribution in [2.45, 2.75) is 50.5 Å². The number of hydrogen-bond donors (Lipinski definition) is 1. The van der Waals surface area contributed by atoms with Crippen molar-refractivity contribution in [3.63, 3.8) is 0 Å². The number of nitriles is 1. The first-order chi connectivity index (χ1) is 12.1. The van der Waals surface area contributed by atoms with Crippen molar-refractivity contribution in [3.05, 3.63) is 24.8 Å². The quantitative estimate of drug-likeness (QED) is 0.700. The normalized spacial score (nSPS) is 27.0. The highest BCUT2D eigenvalue weighted by Crippen LogP contribution is 2.73. The van der Waals surface area contributed by atoms with Crippen LogP contribution in [0.2, 0.25) is 0 Å². The number of fused-ring (bicyclic) bond motifs is 3. The first kappa shape index (κ1) is 14.6. The van der Waals surface area contributed by atoms with E-state index in [0.717, 1.165) is 41.3 Å². The average molecular weight is 333 g/mol. The van der Waals surface area contributed by atoms with Crippen LogP contribution in [0.5, 0.6) is 0 Å². The number of nitrogens with zero attached hydrogens (tertiary/aromatic N) is 4. The molecule has 3 heterocycles. The Labute approximate surface area is 144 Å². The van der Waals surface area contributed by atoms with Gasteiger partial charge in [0.2, 0.25) is 0 Å². The van der Waals surface area contributed by atoms with E-state index in [1.807, 2.05) is 18.7 Å². The minimum atomic E-state index is 0.132. The SMILES string of the molecule is N#CCCCC(=O)CC12CC(n3cnc4cnc5[nH]ccc5c43)(C1)C2. The van der Waals surface area contributed by atoms with Gasteiger partial charge in [-0.1, -0.05) is 0 Å². The van der Waals surface area contributed by atoms with Crippen molar-refractivity contribution in [1.82, 2.24) is 19.5 Å². The summed E-state index contributed by atoms with van der Waals surface area (Å²) >= 11 is 0. The highest BCUT2D eigenvalue weighted by atomic mass is 16.1. The standard InChI is InChI=1S/C19H19N5O/c20-5-2-1-3-13(25)7-18-9-19(10-18,11-18)24-12-23-15-8-22-17-14(16(15)24)4-6-21-17/h4,6,8,12H,1-3,7,9-11H2,(H,21,22). The van der Waals surface area contributed by atoms with Gasteiger partial charge in [-0.3, -0.25) is 4.79 Å². The van der Waals surface area contributed by atoms with E-state index in [0.29, 0.717) is 31.5 Å². The van der Waals surface area contributed by atoms with Gasteiger partial charge in [0, 0.05) is 36.4 Å². The van der Waals surface area contributed by atoms with Crippen molar-refractivity contribution in [2.24, 2.45) is 5.41 Å². The number of nitrogens with one attached hydrogen (secondary N) is 1. The largest absolute Gasteiger partial charge is 0.346 e. The molecular formula is C19H19N5O. The highest BCUT2D eigenvalue weighted by molar-refractivity contribution is 6.01. The summed E-state index contributed by atoms with van der Waals surface area (Å²) in [6.45, 7) is 0. The van der Waals surface area contributed by atoms with Crippen LogP contribution in [-0.2, 0) is 10.3 Å². The van der Waals surface area contributed by atoms with Crippen LogP contribution in [0.3, 0.4) is 0 Å². The maximum Gasteiger partial charge on any atom is 0.139 e. The first-order valence-corrected chi connectivity index (χ1v) is 8.83. The number of carbonyl (C=O) groups excluding carboxylic acids is 1. The topological polar surface area (TPSA) is 87.4 Å². The number of aromatic nitrogens is 4. The molecule has 3 aromatic heterocycles. The molecule has 3 saturated carbocycles. The number of ketones is 1. The zero-order chi connectivity index (χ0) is 17.1. The van der Waals surface area contributed by atoms with Crippen LogP contribution in [-0.4, -0.2) is 25.3 Å². The number of imidazole rings is 1. The Bertz CT molecular complexity index is 1020. The Morgan fingerprint density at radius 1 is 1.36 bits per heavy atom. The summed E-state index contributed by atoms with van der Waals surface area (Å²) in [6, 6.07) is 4.17. The van der Waals surface area contributed by atoms with E-state index in [-0.39, 0.29) is 11.0 Å². The average Bonchev–Trinajstić information content (AvgIpc) is 3.15. The zero-order valence-electron chi connectivity index (χ0n) is 14.0. The van der Waals surface area contributed by atoms with Crippen LogP contribution < -0.4 is 0 Å². The smallest absolute Gasteiger partial charge is 0.139 e. The van der Waals surface area contributed by atoms with Gasteiger partial charge in [-0.05, 0) is 37.2 Å². The van der Waals surface area contributed by atoms with Gasteiger partial charge < -0.3 is 9.55 Å². The molecule has 6 heteroatoms. The molecule has 0 aliphatic heterocycles. The Balaban J connectivity index is 1.36. The molecule has 0 amide bonds. The number of H-pyrrole nitrogens is 1. The molecule has 126 valence electrons. The second kappa shape index (κ2) is 4.92. The molecule has 2 bridgehead atoms. The van der Waals surface area contributed by atoms with Gasteiger partial charge in [-0.25, -0.2) is 9.97 Å². The number of rotatable bonds is 6. The lowest BCUT2D eigenvalue weighted by Crippen LogP contribution is -2.67. The van der Waals surface area contributed by atoms with E-state index in [2.05, 4.69) is 31.7 Å². The fourth-order valence-corrected chi connectivity index (χ4v) is 5.12. The minimum Gasteiger partial charge on any atom is -0.346 e. The maximum atomic E-state index is 12.2. The predicted octanol–water partition coefficient (Wildman–Crippen LogP) is 3.44. The lowest BCUT2D eigenvalue weighted by Gasteiger charge is -2.71. The monoisotopic (exact) mass is 333 g/mol. The second-order valence-corrected chi connectivity index (χ2v) is 7.83. The molecule has 0 saturated heterocycles. The minimum absolute atomic E-state index is 0.132. The molecule has 3 aliphatic rings. The lowest BCUT2D eigenvalue weighted by molar-refractivity contribution is -0.190. The molecule has 3 fully saturated rings. The second-order valence-electron chi connectivity index (χ2n) is 7.83. The van der Waals surface area contributed by atoms with E-state index in [9.17, 15) is 4.79 Å². The number of hydrogen-bond acceptors (Lipinski definition) is 4. The number of carbonyl (C=O) groups is 1. The van der Waals surface area contributed by atoms with Crippen LogP contribution in [0, 0.1) is 16.7 Å². The summed E-state index contributed by atoms with van der Waals surface area (Å²) in [5.74, 6) is 0.316. The highest BCUT2D eigenvalue weighted by Gasteiger charge is 2.69. The third-order valence-corrected chi connectivity index (χ3v) is 6.03. The predicted molar refractivity (Wildman–Crippen MR) is 92.7 cm³/mol. The number of pyridine rings is 1. The summed E-state index contributed by atoms with van der Waals surface area (Å²) < 4.78 is 2.32. The third kappa shape index (κ3) is 1.98. The molecule has 6 nitrogen and oxygen atoms in total. The van der Waals surface area contributed by atoms with Gasteiger partial charge in [0.05, 0.1) is 24.1 Å². The van der Waals surface area contributed by atoms with Gasteiger partial charge in [-0.2, -0.15) is 5.26 Å². The Morgan fingerprint density at radius 3 is 3.00 bits per heavy atom. The van der Waals surface area contributed by atoms with Crippen LogP contribution in [0.4, 0.5) is 0 Å². The number of aromatic amines is 1. The molecule has 6 rings (SSSR count). The first-order valence-electron chi connectivity index (χ1n) is 8.83. The van der Waals surface area contributed by atoms with E-state index in [1.54, 1.807) is 0 Å². The molecule has 0 spiro atoms. The van der Waals surface area contributed by atoms with Crippen LogP contribution >= 0.6 is 0 Å². The van der Waals surface area contributed by atoms with Crippen LogP contribution in [0.1, 0.15) is 44.9 Å². The maximum absolute atomic E-state index is 12.2. The third-order valence-electron chi connectivity index (χ3n) is 6.03. The van der Waals surface area contributed by atoms with Crippen molar-refractivity contribution in [1.29, 1.82) is 5.26 Å². The lowest BCUT2D eigenvalue weighted by atomic mass is 9.38. The van der Waals surface area contributed by atoms with Crippen molar-refractivity contribution < 1.29 is 4.79 Å². The van der Waals surface area contributed by atoms with E-state index < -0.39 is 0 Å². The molecule has 0 unspecified atom stereocenters. The fraction of sp³-hybridized carbons (Fsp3) is 0.474. The van der Waals surface area contributed by atoms with Crippen LogP contribution in [0.15, 0.2) is 24.8 Å². The van der Waals surface area contributed by atoms with E-state index >= 15 is 0 Å². The molecule has 25 heavy (non-hydrogen) atoms. The molecule has 3 aromatic rings. The molecule has 0 atom stereocenters. The molecule has 0 aromatic carbocycles. The fourth-order valence-electron chi connectivity index (χ4n) is 5.12. The molecule has 0 radical (unpaired) electrons. The van der Waals surface area contributed by atoms with E-state index in [4.69, 9.17) is 5.26 Å².